The zero-order chi connectivity index (χ0) is 27.2. The number of ether oxygens (including phenoxy) is 3. The summed E-state index contributed by atoms with van der Waals surface area (Å²) in [5.74, 6) is 0.552. The molecule has 1 unspecified atom stereocenters. The zero-order valence-electron chi connectivity index (χ0n) is 21.9. The quantitative estimate of drug-likeness (QED) is 0.446. The molecular weight excluding hydrogens is 498 g/mol. The number of benzene rings is 2. The molecule has 1 heterocycles. The van der Waals surface area contributed by atoms with Gasteiger partial charge in [0.25, 0.3) is 0 Å². The lowest BCUT2D eigenvalue weighted by Gasteiger charge is -2.33. The van der Waals surface area contributed by atoms with E-state index >= 15 is 0 Å². The number of sulfonamides is 1. The average molecular weight is 534 g/mol. The first-order valence-corrected chi connectivity index (χ1v) is 13.8. The molecule has 2 aromatic carbocycles. The molecule has 1 atom stereocenters. The summed E-state index contributed by atoms with van der Waals surface area (Å²) in [6.45, 7) is 6.70. The summed E-state index contributed by atoms with van der Waals surface area (Å²) in [4.78, 5) is 28.3. The second kappa shape index (κ2) is 12.2. The van der Waals surface area contributed by atoms with Crippen LogP contribution in [-0.2, 0) is 26.2 Å². The number of methoxy groups -OCH3 is 1. The summed E-state index contributed by atoms with van der Waals surface area (Å²) in [6, 6.07) is 11.0. The topological polar surface area (TPSA) is 114 Å². The number of anilines is 1. The standard InChI is InChI=1S/C26H35N3O7S/c1-6-22(26(31)27-18(3)4)28(15-19-8-11-21(34-5)12-9-19)25(30)16-29(37(32,33)7-2)20-10-13-23-24(14-20)36-17-35-23/h8-14,18,22H,6-7,15-17H2,1-5H3,(H,27,31). The number of hydrogen-bond donors (Lipinski definition) is 1. The second-order valence-electron chi connectivity index (χ2n) is 8.90. The molecule has 37 heavy (non-hydrogen) atoms. The van der Waals surface area contributed by atoms with Gasteiger partial charge < -0.3 is 24.4 Å². The van der Waals surface area contributed by atoms with Crippen molar-refractivity contribution in [1.82, 2.24) is 10.2 Å². The zero-order valence-corrected chi connectivity index (χ0v) is 22.7. The first kappa shape index (κ1) is 28.1. The molecule has 1 aliphatic heterocycles. The van der Waals surface area contributed by atoms with Gasteiger partial charge in [-0.2, -0.15) is 0 Å². The number of carbonyl (C=O) groups excluding carboxylic acids is 2. The van der Waals surface area contributed by atoms with Crippen LogP contribution in [-0.4, -0.2) is 63.4 Å². The highest BCUT2D eigenvalue weighted by Gasteiger charge is 2.33. The maximum absolute atomic E-state index is 13.8. The maximum atomic E-state index is 13.8. The molecule has 2 amide bonds. The molecule has 1 N–H and O–H groups in total. The fourth-order valence-corrected chi connectivity index (χ4v) is 5.04. The van der Waals surface area contributed by atoms with Crippen molar-refractivity contribution in [2.24, 2.45) is 0 Å². The lowest BCUT2D eigenvalue weighted by Crippen LogP contribution is -2.53. The minimum absolute atomic E-state index is 0.0387. The van der Waals surface area contributed by atoms with Crippen molar-refractivity contribution < 1.29 is 32.2 Å². The Labute approximate surface area is 218 Å². The van der Waals surface area contributed by atoms with Crippen LogP contribution < -0.4 is 23.8 Å². The van der Waals surface area contributed by atoms with Gasteiger partial charge in [0.05, 0.1) is 18.6 Å². The number of fused-ring (bicyclic) bond motifs is 1. The number of amides is 2. The minimum Gasteiger partial charge on any atom is -0.497 e. The van der Waals surface area contributed by atoms with E-state index in [0.717, 1.165) is 9.87 Å². The van der Waals surface area contributed by atoms with E-state index in [1.54, 1.807) is 37.4 Å². The summed E-state index contributed by atoms with van der Waals surface area (Å²) < 4.78 is 43.2. The van der Waals surface area contributed by atoms with E-state index in [4.69, 9.17) is 14.2 Å². The van der Waals surface area contributed by atoms with Crippen LogP contribution in [0.15, 0.2) is 42.5 Å². The Morgan fingerprint density at radius 1 is 1.05 bits per heavy atom. The Hall–Kier alpha value is -3.47. The van der Waals surface area contributed by atoms with Crippen molar-refractivity contribution in [2.45, 2.75) is 52.7 Å². The third-order valence-electron chi connectivity index (χ3n) is 5.95. The van der Waals surface area contributed by atoms with Gasteiger partial charge in [-0.15, -0.1) is 0 Å². The third kappa shape index (κ3) is 6.85. The van der Waals surface area contributed by atoms with Crippen LogP contribution in [0.1, 0.15) is 39.7 Å². The first-order valence-electron chi connectivity index (χ1n) is 12.2. The highest BCUT2D eigenvalue weighted by Crippen LogP contribution is 2.36. The highest BCUT2D eigenvalue weighted by atomic mass is 32.2. The smallest absolute Gasteiger partial charge is 0.244 e. The van der Waals surface area contributed by atoms with E-state index in [-0.39, 0.29) is 36.7 Å². The van der Waals surface area contributed by atoms with E-state index in [9.17, 15) is 18.0 Å². The molecule has 0 saturated carbocycles. The van der Waals surface area contributed by atoms with Crippen LogP contribution >= 0.6 is 0 Å². The monoisotopic (exact) mass is 533 g/mol. The molecule has 0 saturated heterocycles. The van der Waals surface area contributed by atoms with Gasteiger partial charge in [0, 0.05) is 18.7 Å². The molecule has 0 aromatic heterocycles. The minimum atomic E-state index is -3.84. The largest absolute Gasteiger partial charge is 0.497 e. The third-order valence-corrected chi connectivity index (χ3v) is 7.69. The van der Waals surface area contributed by atoms with Gasteiger partial charge in [0.15, 0.2) is 11.5 Å². The maximum Gasteiger partial charge on any atom is 0.244 e. The molecule has 1 aliphatic rings. The van der Waals surface area contributed by atoms with Crippen molar-refractivity contribution in [3.63, 3.8) is 0 Å². The number of nitrogens with one attached hydrogen (secondary N) is 1. The van der Waals surface area contributed by atoms with Crippen LogP contribution in [0.3, 0.4) is 0 Å². The molecule has 0 radical (unpaired) electrons. The van der Waals surface area contributed by atoms with Crippen molar-refractivity contribution in [3.05, 3.63) is 48.0 Å². The molecular formula is C26H35N3O7S. The van der Waals surface area contributed by atoms with Gasteiger partial charge in [-0.05, 0) is 57.0 Å². The van der Waals surface area contributed by atoms with Crippen molar-refractivity contribution in [3.8, 4) is 17.2 Å². The summed E-state index contributed by atoms with van der Waals surface area (Å²) >= 11 is 0. The Morgan fingerprint density at radius 2 is 1.73 bits per heavy atom. The van der Waals surface area contributed by atoms with Gasteiger partial charge >= 0.3 is 0 Å². The summed E-state index contributed by atoms with van der Waals surface area (Å²) in [5.41, 5.74) is 1.06. The lowest BCUT2D eigenvalue weighted by molar-refractivity contribution is -0.140. The Kier molecular flexibility index (Phi) is 9.25. The summed E-state index contributed by atoms with van der Waals surface area (Å²) in [5, 5.41) is 2.87. The van der Waals surface area contributed by atoms with Crippen molar-refractivity contribution in [1.29, 1.82) is 0 Å². The van der Waals surface area contributed by atoms with E-state index < -0.39 is 28.5 Å². The highest BCUT2D eigenvalue weighted by molar-refractivity contribution is 7.92. The summed E-state index contributed by atoms with van der Waals surface area (Å²) in [7, 11) is -2.28. The van der Waals surface area contributed by atoms with Crippen LogP contribution in [0.25, 0.3) is 0 Å². The molecule has 202 valence electrons. The summed E-state index contributed by atoms with van der Waals surface area (Å²) in [6.07, 6.45) is 0.352. The number of carbonyl (C=O) groups is 2. The Balaban J connectivity index is 1.97. The first-order chi connectivity index (χ1) is 17.6. The predicted molar refractivity (Wildman–Crippen MR) is 140 cm³/mol. The Morgan fingerprint density at radius 3 is 2.32 bits per heavy atom. The second-order valence-corrected chi connectivity index (χ2v) is 11.1. The van der Waals surface area contributed by atoms with Gasteiger partial charge in [-0.3, -0.25) is 13.9 Å². The van der Waals surface area contributed by atoms with Crippen LogP contribution in [0.5, 0.6) is 17.2 Å². The molecule has 3 rings (SSSR count). The van der Waals surface area contributed by atoms with E-state index in [1.165, 1.54) is 11.8 Å². The number of rotatable bonds is 12. The average Bonchev–Trinajstić information content (AvgIpc) is 3.34. The number of hydrogen-bond acceptors (Lipinski definition) is 7. The van der Waals surface area contributed by atoms with Gasteiger partial charge in [0.1, 0.15) is 18.3 Å². The van der Waals surface area contributed by atoms with Crippen LogP contribution in [0.4, 0.5) is 5.69 Å². The normalized spacial score (nSPS) is 13.2. The molecule has 0 fully saturated rings. The SMILES string of the molecule is CCC(C(=O)NC(C)C)N(Cc1ccc(OC)cc1)C(=O)CN(c1ccc2c(c1)OCO2)S(=O)(=O)CC. The van der Waals surface area contributed by atoms with Gasteiger partial charge in [-0.1, -0.05) is 19.1 Å². The Bertz CT molecular complexity index is 1200. The van der Waals surface area contributed by atoms with E-state index in [2.05, 4.69) is 5.32 Å². The van der Waals surface area contributed by atoms with Gasteiger partial charge in [-0.25, -0.2) is 8.42 Å². The van der Waals surface area contributed by atoms with E-state index in [0.29, 0.717) is 23.7 Å². The van der Waals surface area contributed by atoms with Gasteiger partial charge in [0.2, 0.25) is 28.6 Å². The lowest BCUT2D eigenvalue weighted by atomic mass is 10.1. The van der Waals surface area contributed by atoms with Crippen LogP contribution in [0, 0.1) is 0 Å². The molecule has 10 nitrogen and oxygen atoms in total. The van der Waals surface area contributed by atoms with E-state index in [1.807, 2.05) is 32.9 Å². The van der Waals surface area contributed by atoms with Crippen molar-refractivity contribution in [2.75, 3.05) is 30.5 Å². The molecule has 2 aromatic rings. The number of nitrogens with zero attached hydrogens (tertiary/aromatic N) is 2. The molecule has 0 bridgehead atoms. The van der Waals surface area contributed by atoms with Crippen LogP contribution in [0.2, 0.25) is 0 Å². The molecule has 0 aliphatic carbocycles. The van der Waals surface area contributed by atoms with Crippen molar-refractivity contribution >= 4 is 27.5 Å². The fourth-order valence-electron chi connectivity index (χ4n) is 3.99. The molecule has 0 spiro atoms. The predicted octanol–water partition coefficient (Wildman–Crippen LogP) is 2.91. The fraction of sp³-hybridized carbons (Fsp3) is 0.462. The molecule has 11 heteroatoms.